The molecule has 0 bridgehead atoms. The van der Waals surface area contributed by atoms with Gasteiger partial charge in [0.05, 0.1) is 24.9 Å². The third kappa shape index (κ3) is 4.35. The van der Waals surface area contributed by atoms with Gasteiger partial charge in [-0.05, 0) is 18.6 Å². The Kier molecular flexibility index (Phi) is 5.84. The lowest BCUT2D eigenvalue weighted by atomic mass is 10.2. The van der Waals surface area contributed by atoms with Gasteiger partial charge < -0.3 is 14.6 Å². The van der Waals surface area contributed by atoms with Crippen molar-refractivity contribution >= 4 is 22.2 Å². The molecule has 2 N–H and O–H groups in total. The maximum Gasteiger partial charge on any atom is 0.302 e. The number of hydrogen-bond acceptors (Lipinski definition) is 5. The molecule has 2 rings (SSSR count). The molecule has 0 radical (unpaired) electrons. The normalized spacial score (nSPS) is 19.7. The number of anilines is 1. The Bertz CT molecular complexity index is 647. The average molecular weight is 342 g/mol. The highest BCUT2D eigenvalue weighted by atomic mass is 32.2. The summed E-state index contributed by atoms with van der Waals surface area (Å²) in [6, 6.07) is 3.63. The molecular formula is C15H22N2O5S. The molecule has 0 saturated carbocycles. The Morgan fingerprint density at radius 3 is 2.83 bits per heavy atom. The van der Waals surface area contributed by atoms with E-state index in [0.29, 0.717) is 18.6 Å². The second-order valence-electron chi connectivity index (χ2n) is 5.46. The van der Waals surface area contributed by atoms with Gasteiger partial charge in [0.2, 0.25) is 0 Å². The van der Waals surface area contributed by atoms with Gasteiger partial charge in [0.25, 0.3) is 0 Å². The lowest BCUT2D eigenvalue weighted by Gasteiger charge is -2.18. The van der Waals surface area contributed by atoms with Crippen LogP contribution in [0.2, 0.25) is 0 Å². The van der Waals surface area contributed by atoms with Crippen molar-refractivity contribution in [1.29, 1.82) is 0 Å². The molecule has 1 saturated heterocycles. The summed E-state index contributed by atoms with van der Waals surface area (Å²) in [6.45, 7) is 2.61. The highest BCUT2D eigenvalue weighted by Crippen LogP contribution is 2.34. The topological polar surface area (TPSA) is 95.9 Å². The molecule has 1 unspecified atom stereocenters. The first-order valence-corrected chi connectivity index (χ1v) is 9.13. The van der Waals surface area contributed by atoms with Gasteiger partial charge in [-0.2, -0.15) is 13.1 Å². The average Bonchev–Trinajstić information content (AvgIpc) is 2.83. The van der Waals surface area contributed by atoms with Crippen LogP contribution in [0.25, 0.3) is 0 Å². The number of benzene rings is 1. The number of ether oxygens (including phenoxy) is 1. The van der Waals surface area contributed by atoms with Gasteiger partial charge in [0.1, 0.15) is 17.8 Å². The first-order chi connectivity index (χ1) is 11.0. The predicted octanol–water partition coefficient (Wildman–Crippen LogP) is 1.57. The van der Waals surface area contributed by atoms with Gasteiger partial charge in [-0.25, -0.2) is 0 Å². The summed E-state index contributed by atoms with van der Waals surface area (Å²) in [5, 5.41) is 9.95. The number of rotatable bonds is 8. The Balaban J connectivity index is 2.10. The van der Waals surface area contributed by atoms with Gasteiger partial charge in [0, 0.05) is 6.07 Å². The van der Waals surface area contributed by atoms with Crippen LogP contribution in [-0.4, -0.2) is 39.0 Å². The Hall–Kier alpha value is -1.80. The summed E-state index contributed by atoms with van der Waals surface area (Å²) in [5.74, 6) is 0.305. The molecule has 1 atom stereocenters. The minimum Gasteiger partial charge on any atom is -0.506 e. The summed E-state index contributed by atoms with van der Waals surface area (Å²) in [6.07, 6.45) is 4.81. The van der Waals surface area contributed by atoms with Crippen LogP contribution in [0, 0.1) is 0 Å². The van der Waals surface area contributed by atoms with Crippen LogP contribution < -0.4 is 13.8 Å². The first kappa shape index (κ1) is 17.6. The molecule has 23 heavy (non-hydrogen) atoms. The smallest absolute Gasteiger partial charge is 0.302 e. The van der Waals surface area contributed by atoms with Crippen molar-refractivity contribution in [3.8, 4) is 11.5 Å². The zero-order chi connectivity index (χ0) is 16.9. The second-order valence-corrected chi connectivity index (χ2v) is 7.08. The number of aldehydes is 1. The van der Waals surface area contributed by atoms with E-state index in [-0.39, 0.29) is 18.0 Å². The Morgan fingerprint density at radius 1 is 1.39 bits per heavy atom. The van der Waals surface area contributed by atoms with Gasteiger partial charge in [-0.3, -0.25) is 4.31 Å². The molecule has 1 fully saturated rings. The Labute approximate surface area is 136 Å². The van der Waals surface area contributed by atoms with E-state index in [1.807, 2.05) is 0 Å². The van der Waals surface area contributed by atoms with E-state index >= 15 is 0 Å². The fourth-order valence-electron chi connectivity index (χ4n) is 2.38. The number of unbranched alkanes of at least 4 members (excludes halogenated alkanes) is 3. The van der Waals surface area contributed by atoms with Crippen molar-refractivity contribution in [3.63, 3.8) is 0 Å². The van der Waals surface area contributed by atoms with E-state index in [1.165, 1.54) is 12.1 Å². The van der Waals surface area contributed by atoms with Crippen LogP contribution in [0.4, 0.5) is 5.69 Å². The number of phenols is 1. The van der Waals surface area contributed by atoms with E-state index in [9.17, 15) is 18.3 Å². The van der Waals surface area contributed by atoms with Crippen molar-refractivity contribution in [2.75, 3.05) is 17.5 Å². The van der Waals surface area contributed by atoms with Crippen molar-refractivity contribution in [3.05, 3.63) is 18.2 Å². The van der Waals surface area contributed by atoms with E-state index < -0.39 is 16.3 Å². The molecule has 8 heteroatoms. The third-order valence-electron chi connectivity index (χ3n) is 3.60. The number of carbonyl (C=O) groups excluding carboxylic acids is 1. The third-order valence-corrected chi connectivity index (χ3v) is 5.13. The van der Waals surface area contributed by atoms with Crippen LogP contribution in [-0.2, 0) is 15.0 Å². The standard InChI is InChI=1S/C15H22N2O5S/c1-2-3-4-5-8-22-13-6-7-15(19)14(9-13)17-10-12(11-18)16-23(17,20)21/h6-7,9,11-12,16,19H,2-5,8,10H2,1H3. The largest absolute Gasteiger partial charge is 0.506 e. The molecule has 0 aromatic heterocycles. The quantitative estimate of drug-likeness (QED) is 0.552. The van der Waals surface area contributed by atoms with Crippen LogP contribution in [0.5, 0.6) is 11.5 Å². The molecular weight excluding hydrogens is 320 g/mol. The fourth-order valence-corrected chi connectivity index (χ4v) is 3.78. The first-order valence-electron chi connectivity index (χ1n) is 7.69. The van der Waals surface area contributed by atoms with E-state index in [0.717, 1.165) is 30.0 Å². The molecule has 1 aliphatic heterocycles. The lowest BCUT2D eigenvalue weighted by Crippen LogP contribution is -2.30. The predicted molar refractivity (Wildman–Crippen MR) is 87.0 cm³/mol. The fraction of sp³-hybridized carbons (Fsp3) is 0.533. The summed E-state index contributed by atoms with van der Waals surface area (Å²) < 4.78 is 32.9. The number of hydrogen-bond donors (Lipinski definition) is 2. The number of carbonyl (C=O) groups is 1. The maximum absolute atomic E-state index is 12.0. The monoisotopic (exact) mass is 342 g/mol. The number of nitrogens with one attached hydrogen (secondary N) is 1. The molecule has 1 aromatic carbocycles. The molecule has 0 aliphatic carbocycles. The molecule has 1 aliphatic rings. The van der Waals surface area contributed by atoms with Crippen molar-refractivity contribution in [2.45, 2.75) is 38.6 Å². The molecule has 7 nitrogen and oxygen atoms in total. The Morgan fingerprint density at radius 2 is 2.17 bits per heavy atom. The van der Waals surface area contributed by atoms with E-state index in [2.05, 4.69) is 11.6 Å². The molecule has 0 spiro atoms. The van der Waals surface area contributed by atoms with Gasteiger partial charge in [0.15, 0.2) is 0 Å². The van der Waals surface area contributed by atoms with Gasteiger partial charge in [-0.15, -0.1) is 0 Å². The van der Waals surface area contributed by atoms with E-state index in [1.54, 1.807) is 6.07 Å². The molecule has 1 aromatic rings. The minimum absolute atomic E-state index is 0.0562. The number of nitrogens with zero attached hydrogens (tertiary/aromatic N) is 1. The van der Waals surface area contributed by atoms with Gasteiger partial charge >= 0.3 is 10.2 Å². The number of aromatic hydroxyl groups is 1. The molecule has 1 heterocycles. The van der Waals surface area contributed by atoms with Crippen molar-refractivity contribution < 1.29 is 23.1 Å². The van der Waals surface area contributed by atoms with Crippen LogP contribution in [0.15, 0.2) is 18.2 Å². The van der Waals surface area contributed by atoms with Crippen molar-refractivity contribution in [1.82, 2.24) is 4.72 Å². The summed E-state index contributed by atoms with van der Waals surface area (Å²) in [4.78, 5) is 10.8. The SMILES string of the molecule is CCCCCCOc1ccc(O)c(N2CC(C=O)NS2(=O)=O)c1. The second kappa shape index (κ2) is 7.65. The van der Waals surface area contributed by atoms with Crippen LogP contribution in [0.1, 0.15) is 32.6 Å². The lowest BCUT2D eigenvalue weighted by molar-refractivity contribution is -0.108. The number of phenolic OH excluding ortho intramolecular Hbond substituents is 1. The van der Waals surface area contributed by atoms with E-state index in [4.69, 9.17) is 4.74 Å². The van der Waals surface area contributed by atoms with Crippen LogP contribution >= 0.6 is 0 Å². The highest BCUT2D eigenvalue weighted by Gasteiger charge is 2.36. The zero-order valence-corrected chi connectivity index (χ0v) is 13.9. The van der Waals surface area contributed by atoms with Crippen molar-refractivity contribution in [2.24, 2.45) is 0 Å². The summed E-state index contributed by atoms with van der Waals surface area (Å²) in [7, 11) is -3.84. The van der Waals surface area contributed by atoms with Crippen LogP contribution in [0.3, 0.4) is 0 Å². The molecule has 0 amide bonds. The summed E-state index contributed by atoms with van der Waals surface area (Å²) in [5.41, 5.74) is 0.105. The highest BCUT2D eigenvalue weighted by molar-refractivity contribution is 7.91. The van der Waals surface area contributed by atoms with Gasteiger partial charge in [-0.1, -0.05) is 26.2 Å². The summed E-state index contributed by atoms with van der Waals surface area (Å²) >= 11 is 0. The molecule has 128 valence electrons. The zero-order valence-electron chi connectivity index (χ0n) is 13.1. The maximum atomic E-state index is 12.0. The minimum atomic E-state index is -3.84.